The monoisotopic (exact) mass is 467 g/mol. The molecule has 0 spiro atoms. The smallest absolute Gasteiger partial charge is 0.173 e. The van der Waals surface area contributed by atoms with Crippen LogP contribution in [0.2, 0.25) is 0 Å². The topological polar surface area (TPSA) is 27.7 Å². The van der Waals surface area contributed by atoms with Crippen LogP contribution in [0.25, 0.3) is 0 Å². The zero-order valence-electron chi connectivity index (χ0n) is 21.0. The zero-order valence-corrected chi connectivity index (χ0v) is 21.8. The summed E-state index contributed by atoms with van der Waals surface area (Å²) in [5.41, 5.74) is 7.77. The van der Waals surface area contributed by atoms with E-state index in [4.69, 9.17) is 17.0 Å². The van der Waals surface area contributed by atoms with Gasteiger partial charge in [0.25, 0.3) is 0 Å². The first-order valence-electron chi connectivity index (χ1n) is 12.6. The molecule has 33 heavy (non-hydrogen) atoms. The normalized spacial score (nSPS) is 13.0. The van der Waals surface area contributed by atoms with Gasteiger partial charge >= 0.3 is 0 Å². The van der Waals surface area contributed by atoms with Crippen molar-refractivity contribution < 1.29 is 4.74 Å². The van der Waals surface area contributed by atoms with Gasteiger partial charge in [0.05, 0.1) is 0 Å². The third-order valence-electron chi connectivity index (χ3n) is 6.36. The van der Waals surface area contributed by atoms with Gasteiger partial charge in [-0.05, 0) is 93.1 Å². The van der Waals surface area contributed by atoms with Gasteiger partial charge in [0.15, 0.2) is 5.11 Å². The number of nitrogens with zero attached hydrogens (tertiary/aromatic N) is 2. The van der Waals surface area contributed by atoms with Crippen molar-refractivity contribution in [2.45, 2.75) is 66.3 Å². The van der Waals surface area contributed by atoms with Crippen LogP contribution in [0.4, 0.5) is 11.4 Å². The average molecular weight is 468 g/mol. The Morgan fingerprint density at radius 2 is 1.97 bits per heavy atom. The van der Waals surface area contributed by atoms with E-state index in [1.807, 2.05) is 6.92 Å². The maximum Gasteiger partial charge on any atom is 0.173 e. The van der Waals surface area contributed by atoms with Crippen molar-refractivity contribution in [3.8, 4) is 0 Å². The highest BCUT2D eigenvalue weighted by atomic mass is 32.1. The highest BCUT2D eigenvalue weighted by molar-refractivity contribution is 7.80. The van der Waals surface area contributed by atoms with Crippen LogP contribution >= 0.6 is 12.2 Å². The first kappa shape index (κ1) is 25.5. The van der Waals surface area contributed by atoms with Crippen LogP contribution in [-0.2, 0) is 17.7 Å². The van der Waals surface area contributed by atoms with Crippen molar-refractivity contribution in [1.82, 2.24) is 4.90 Å². The molecule has 1 heterocycles. The minimum Gasteiger partial charge on any atom is -0.382 e. The second kappa shape index (κ2) is 13.0. The molecule has 0 saturated heterocycles. The van der Waals surface area contributed by atoms with E-state index in [0.717, 1.165) is 50.1 Å². The van der Waals surface area contributed by atoms with Crippen molar-refractivity contribution in [3.63, 3.8) is 0 Å². The second-order valence-electron chi connectivity index (χ2n) is 9.13. The number of anilines is 2. The number of thiocarbonyl (C=S) groups is 1. The Balaban J connectivity index is 1.74. The minimum absolute atomic E-state index is 0.755. The van der Waals surface area contributed by atoms with Gasteiger partial charge in [0, 0.05) is 50.8 Å². The Hall–Kier alpha value is -2.11. The molecule has 0 saturated carbocycles. The van der Waals surface area contributed by atoms with Gasteiger partial charge in [-0.25, -0.2) is 0 Å². The highest BCUT2D eigenvalue weighted by Gasteiger charge is 2.18. The first-order chi connectivity index (χ1) is 16.0. The molecule has 1 aliphatic heterocycles. The van der Waals surface area contributed by atoms with Gasteiger partial charge in [-0.15, -0.1) is 0 Å². The summed E-state index contributed by atoms with van der Waals surface area (Å²) in [5.74, 6) is 0. The Morgan fingerprint density at radius 3 is 2.76 bits per heavy atom. The maximum absolute atomic E-state index is 5.89. The largest absolute Gasteiger partial charge is 0.382 e. The summed E-state index contributed by atoms with van der Waals surface area (Å²) < 4.78 is 5.59. The number of rotatable bonds is 11. The molecule has 5 heteroatoms. The molecule has 2 aromatic carbocycles. The standard InChI is InChI=1S/C28H41N3OS/c1-5-7-15-30-16-8-10-25-20-24(13-14-27(25)30)21-31(17-9-18-32-6-2)28(33)29-26-19-22(3)11-12-23(26)4/h11-14,19-20H,5-10,15-18,21H2,1-4H3,(H,29,33). The third-order valence-corrected chi connectivity index (χ3v) is 6.72. The number of fused-ring (bicyclic) bond motifs is 1. The lowest BCUT2D eigenvalue weighted by Crippen LogP contribution is -2.36. The van der Waals surface area contributed by atoms with Gasteiger partial charge in [0.2, 0.25) is 0 Å². The summed E-state index contributed by atoms with van der Waals surface area (Å²) in [6.45, 7) is 14.1. The quantitative estimate of drug-likeness (QED) is 0.301. The molecule has 1 N–H and O–H groups in total. The number of nitrogens with one attached hydrogen (secondary N) is 1. The summed E-state index contributed by atoms with van der Waals surface area (Å²) in [5, 5.41) is 4.29. The SMILES string of the molecule is CCCCN1CCCc2cc(CN(CCCOCC)C(=S)Nc3cc(C)ccc3C)ccc21. The summed E-state index contributed by atoms with van der Waals surface area (Å²) >= 11 is 5.89. The fourth-order valence-electron chi connectivity index (χ4n) is 4.45. The Kier molecular flexibility index (Phi) is 10.0. The van der Waals surface area contributed by atoms with Crippen LogP contribution in [0.1, 0.15) is 61.8 Å². The molecule has 3 rings (SSSR count). The predicted octanol–water partition coefficient (Wildman–Crippen LogP) is 6.48. The molecule has 0 radical (unpaired) electrons. The summed E-state index contributed by atoms with van der Waals surface area (Å²) in [4.78, 5) is 4.86. The van der Waals surface area contributed by atoms with Gasteiger partial charge in [-0.2, -0.15) is 0 Å². The number of hydrogen-bond acceptors (Lipinski definition) is 3. The van der Waals surface area contributed by atoms with Crippen molar-refractivity contribution in [2.75, 3.05) is 43.1 Å². The molecule has 0 unspecified atom stereocenters. The molecule has 0 atom stereocenters. The molecule has 1 aliphatic rings. The highest BCUT2D eigenvalue weighted by Crippen LogP contribution is 2.29. The summed E-state index contributed by atoms with van der Waals surface area (Å²) in [7, 11) is 0. The van der Waals surface area contributed by atoms with E-state index >= 15 is 0 Å². The summed E-state index contributed by atoms with van der Waals surface area (Å²) in [6.07, 6.45) is 5.86. The summed E-state index contributed by atoms with van der Waals surface area (Å²) in [6, 6.07) is 13.5. The van der Waals surface area contributed by atoms with Crippen molar-refractivity contribution in [3.05, 3.63) is 58.7 Å². The van der Waals surface area contributed by atoms with Gasteiger partial charge in [-0.3, -0.25) is 0 Å². The average Bonchev–Trinajstić information content (AvgIpc) is 2.81. The molecule has 2 aromatic rings. The van der Waals surface area contributed by atoms with E-state index in [2.05, 4.69) is 72.3 Å². The Bertz CT molecular complexity index is 914. The van der Waals surface area contributed by atoms with Gasteiger partial charge < -0.3 is 19.9 Å². The number of ether oxygens (including phenoxy) is 1. The lowest BCUT2D eigenvalue weighted by molar-refractivity contribution is 0.139. The third kappa shape index (κ3) is 7.44. The number of aryl methyl sites for hydroxylation is 3. The van der Waals surface area contributed by atoms with Crippen LogP contribution in [0, 0.1) is 13.8 Å². The van der Waals surface area contributed by atoms with Crippen molar-refractivity contribution >= 4 is 28.7 Å². The van der Waals surface area contributed by atoms with Gasteiger partial charge in [0.1, 0.15) is 0 Å². The molecule has 180 valence electrons. The minimum atomic E-state index is 0.755. The van der Waals surface area contributed by atoms with Crippen LogP contribution in [0.5, 0.6) is 0 Å². The van der Waals surface area contributed by atoms with Crippen molar-refractivity contribution in [1.29, 1.82) is 0 Å². The number of unbranched alkanes of at least 4 members (excludes halogenated alkanes) is 1. The van der Waals surface area contributed by atoms with E-state index in [-0.39, 0.29) is 0 Å². The number of hydrogen-bond donors (Lipinski definition) is 1. The van der Waals surface area contributed by atoms with E-state index in [1.54, 1.807) is 0 Å². The predicted molar refractivity (Wildman–Crippen MR) is 146 cm³/mol. The van der Waals surface area contributed by atoms with E-state index in [9.17, 15) is 0 Å². The van der Waals surface area contributed by atoms with Crippen molar-refractivity contribution in [2.24, 2.45) is 0 Å². The Labute approximate surface area is 206 Å². The molecule has 0 amide bonds. The first-order valence-corrected chi connectivity index (χ1v) is 13.0. The molecule has 0 aliphatic carbocycles. The molecule has 0 bridgehead atoms. The van der Waals surface area contributed by atoms with Crippen LogP contribution in [0.15, 0.2) is 36.4 Å². The lowest BCUT2D eigenvalue weighted by Gasteiger charge is -2.32. The second-order valence-corrected chi connectivity index (χ2v) is 9.51. The van der Waals surface area contributed by atoms with Gasteiger partial charge in [-0.1, -0.05) is 37.6 Å². The number of benzene rings is 2. The zero-order chi connectivity index (χ0) is 23.6. The van der Waals surface area contributed by atoms with Crippen LogP contribution in [0.3, 0.4) is 0 Å². The van der Waals surface area contributed by atoms with Crippen LogP contribution < -0.4 is 10.2 Å². The molecule has 0 aromatic heterocycles. The molecule has 4 nitrogen and oxygen atoms in total. The molecule has 0 fully saturated rings. The molecular weight excluding hydrogens is 426 g/mol. The Morgan fingerprint density at radius 1 is 1.12 bits per heavy atom. The van der Waals surface area contributed by atoms with E-state index < -0.39 is 0 Å². The maximum atomic E-state index is 5.89. The lowest BCUT2D eigenvalue weighted by atomic mass is 9.98. The fraction of sp³-hybridized carbons (Fsp3) is 0.536. The van der Waals surface area contributed by atoms with E-state index in [1.165, 1.54) is 60.2 Å². The van der Waals surface area contributed by atoms with E-state index in [0.29, 0.717) is 0 Å². The molecular formula is C28H41N3OS. The van der Waals surface area contributed by atoms with Crippen LogP contribution in [-0.4, -0.2) is 42.9 Å². The fourth-order valence-corrected chi connectivity index (χ4v) is 4.71.